The quantitative estimate of drug-likeness (QED) is 0.414. The maximum Gasteiger partial charge on any atom is 0.269 e. The van der Waals surface area contributed by atoms with E-state index in [1.54, 1.807) is 19.1 Å². The van der Waals surface area contributed by atoms with Gasteiger partial charge in [0.05, 0.1) is 17.2 Å². The average Bonchev–Trinajstić information content (AvgIpc) is 2.62. The fourth-order valence-electron chi connectivity index (χ4n) is 2.26. The van der Waals surface area contributed by atoms with E-state index in [1.807, 2.05) is 12.1 Å². The van der Waals surface area contributed by atoms with Crippen molar-refractivity contribution in [1.29, 1.82) is 0 Å². The number of para-hydroxylation sites is 2. The van der Waals surface area contributed by atoms with Crippen LogP contribution < -0.4 is 14.8 Å². The van der Waals surface area contributed by atoms with E-state index >= 15 is 0 Å². The number of amides is 1. The van der Waals surface area contributed by atoms with Crippen LogP contribution in [0.1, 0.15) is 25.3 Å². The van der Waals surface area contributed by atoms with Gasteiger partial charge in [0.2, 0.25) is 0 Å². The number of carbonyl (C=O) groups is 1. The zero-order chi connectivity index (χ0) is 18.9. The lowest BCUT2D eigenvalue weighted by Crippen LogP contribution is -2.21. The highest BCUT2D eigenvalue weighted by molar-refractivity contribution is 5.93. The van der Waals surface area contributed by atoms with Gasteiger partial charge in [0, 0.05) is 12.1 Å². The molecule has 0 aliphatic rings. The summed E-state index contributed by atoms with van der Waals surface area (Å²) in [6.45, 7) is 4.15. The Kier molecular flexibility index (Phi) is 6.96. The maximum absolute atomic E-state index is 12.2. The third-order valence-corrected chi connectivity index (χ3v) is 3.64. The van der Waals surface area contributed by atoms with Crippen molar-refractivity contribution in [2.45, 2.75) is 26.7 Å². The number of nitrogens with one attached hydrogen (secondary N) is 1. The Morgan fingerprint density at radius 2 is 1.92 bits per heavy atom. The number of hydrogen-bond acceptors (Lipinski definition) is 5. The minimum atomic E-state index is -0.473. The van der Waals surface area contributed by atoms with Crippen LogP contribution in [-0.4, -0.2) is 24.0 Å². The second-order valence-corrected chi connectivity index (χ2v) is 5.74. The van der Waals surface area contributed by atoms with Gasteiger partial charge in [-0.2, -0.15) is 0 Å². The van der Waals surface area contributed by atoms with Crippen LogP contribution in [0.25, 0.3) is 0 Å². The molecule has 0 atom stereocenters. The van der Waals surface area contributed by atoms with Gasteiger partial charge in [0.25, 0.3) is 11.6 Å². The number of ether oxygens (including phenoxy) is 2. The molecule has 7 nitrogen and oxygen atoms in total. The summed E-state index contributed by atoms with van der Waals surface area (Å²) in [6, 6.07) is 11.4. The zero-order valence-corrected chi connectivity index (χ0v) is 14.9. The molecule has 0 bridgehead atoms. The van der Waals surface area contributed by atoms with Crippen LogP contribution in [0.2, 0.25) is 0 Å². The number of non-ortho nitro benzene ring substituents is 1. The van der Waals surface area contributed by atoms with Crippen LogP contribution >= 0.6 is 0 Å². The largest absolute Gasteiger partial charge is 0.491 e. The fourth-order valence-corrected chi connectivity index (χ4v) is 2.26. The second kappa shape index (κ2) is 9.41. The summed E-state index contributed by atoms with van der Waals surface area (Å²) in [4.78, 5) is 22.4. The third kappa shape index (κ3) is 5.47. The van der Waals surface area contributed by atoms with Crippen LogP contribution in [-0.2, 0) is 4.79 Å². The summed E-state index contributed by atoms with van der Waals surface area (Å²) in [7, 11) is 0. The van der Waals surface area contributed by atoms with E-state index in [-0.39, 0.29) is 18.2 Å². The highest BCUT2D eigenvalue weighted by atomic mass is 16.6. The van der Waals surface area contributed by atoms with Gasteiger partial charge in [-0.15, -0.1) is 0 Å². The molecule has 1 N–H and O–H groups in total. The first kappa shape index (κ1) is 19.2. The molecular weight excluding hydrogens is 336 g/mol. The molecule has 0 aliphatic carbocycles. The predicted molar refractivity (Wildman–Crippen MR) is 98.8 cm³/mol. The molecular formula is C19H22N2O5. The standard InChI is InChI=1S/C19H22N2O5/c1-3-4-11-25-18-8-6-5-7-16(18)20-19(22)13-26-17-10-9-15(21(23)24)12-14(17)2/h5-10,12H,3-4,11,13H2,1-2H3,(H,20,22). The van der Waals surface area contributed by atoms with Gasteiger partial charge in [-0.05, 0) is 37.1 Å². The molecule has 1 amide bonds. The molecule has 0 spiro atoms. The number of aryl methyl sites for hydroxylation is 1. The molecule has 7 heteroatoms. The first-order valence-corrected chi connectivity index (χ1v) is 8.40. The Bertz CT molecular complexity index is 776. The number of anilines is 1. The van der Waals surface area contributed by atoms with E-state index in [1.165, 1.54) is 18.2 Å². The number of unbranched alkanes of at least 4 members (excludes halogenated alkanes) is 1. The highest BCUT2D eigenvalue weighted by Crippen LogP contribution is 2.25. The molecule has 2 aromatic rings. The number of nitrogens with zero attached hydrogens (tertiary/aromatic N) is 1. The third-order valence-electron chi connectivity index (χ3n) is 3.64. The van der Waals surface area contributed by atoms with Gasteiger partial charge in [-0.25, -0.2) is 0 Å². The predicted octanol–water partition coefficient (Wildman–Crippen LogP) is 4.10. The van der Waals surface area contributed by atoms with Gasteiger partial charge in [-0.3, -0.25) is 14.9 Å². The molecule has 2 aromatic carbocycles. The smallest absolute Gasteiger partial charge is 0.269 e. The lowest BCUT2D eigenvalue weighted by molar-refractivity contribution is -0.384. The van der Waals surface area contributed by atoms with Crippen LogP contribution in [0.3, 0.4) is 0 Å². The van der Waals surface area contributed by atoms with E-state index < -0.39 is 4.92 Å². The summed E-state index contributed by atoms with van der Waals surface area (Å²) in [5, 5.41) is 13.5. The van der Waals surface area contributed by atoms with Gasteiger partial charge >= 0.3 is 0 Å². The normalized spacial score (nSPS) is 10.2. The number of rotatable bonds is 9. The maximum atomic E-state index is 12.2. The topological polar surface area (TPSA) is 90.7 Å². The molecule has 138 valence electrons. The van der Waals surface area contributed by atoms with Gasteiger partial charge in [0.15, 0.2) is 6.61 Å². The minimum absolute atomic E-state index is 0.0162. The highest BCUT2D eigenvalue weighted by Gasteiger charge is 2.12. The molecule has 0 unspecified atom stereocenters. The van der Waals surface area contributed by atoms with Crippen molar-refractivity contribution in [3.8, 4) is 11.5 Å². The molecule has 0 radical (unpaired) electrons. The number of nitro benzene ring substituents is 1. The van der Waals surface area contributed by atoms with Crippen molar-refractivity contribution in [3.05, 3.63) is 58.1 Å². The van der Waals surface area contributed by atoms with Crippen molar-refractivity contribution >= 4 is 17.3 Å². The van der Waals surface area contributed by atoms with Crippen molar-refractivity contribution in [3.63, 3.8) is 0 Å². The van der Waals surface area contributed by atoms with E-state index in [2.05, 4.69) is 12.2 Å². The van der Waals surface area contributed by atoms with Crippen LogP contribution in [0.4, 0.5) is 11.4 Å². The molecule has 2 rings (SSSR count). The number of carbonyl (C=O) groups excluding carboxylic acids is 1. The summed E-state index contributed by atoms with van der Waals surface area (Å²) in [5.41, 5.74) is 1.16. The lowest BCUT2D eigenvalue weighted by Gasteiger charge is -2.13. The Labute approximate surface area is 152 Å². The Balaban J connectivity index is 1.94. The first-order valence-electron chi connectivity index (χ1n) is 8.40. The molecule has 0 saturated heterocycles. The molecule has 26 heavy (non-hydrogen) atoms. The second-order valence-electron chi connectivity index (χ2n) is 5.74. The first-order chi connectivity index (χ1) is 12.5. The zero-order valence-electron chi connectivity index (χ0n) is 14.9. The van der Waals surface area contributed by atoms with E-state index in [0.717, 1.165) is 12.8 Å². The molecule has 0 saturated carbocycles. The lowest BCUT2D eigenvalue weighted by atomic mass is 10.2. The van der Waals surface area contributed by atoms with Crippen LogP contribution in [0, 0.1) is 17.0 Å². The molecule has 0 heterocycles. The van der Waals surface area contributed by atoms with Gasteiger partial charge in [-0.1, -0.05) is 25.5 Å². The SMILES string of the molecule is CCCCOc1ccccc1NC(=O)COc1ccc([N+](=O)[O-])cc1C. The van der Waals surface area contributed by atoms with Crippen molar-refractivity contribution in [2.24, 2.45) is 0 Å². The van der Waals surface area contributed by atoms with Crippen molar-refractivity contribution < 1.29 is 19.2 Å². The number of hydrogen-bond donors (Lipinski definition) is 1. The van der Waals surface area contributed by atoms with E-state index in [4.69, 9.17) is 9.47 Å². The number of benzene rings is 2. The van der Waals surface area contributed by atoms with Crippen LogP contribution in [0.15, 0.2) is 42.5 Å². The van der Waals surface area contributed by atoms with Gasteiger partial charge < -0.3 is 14.8 Å². The molecule has 0 aliphatic heterocycles. The Hall–Kier alpha value is -3.09. The summed E-state index contributed by atoms with van der Waals surface area (Å²) < 4.78 is 11.1. The molecule has 0 fully saturated rings. The fraction of sp³-hybridized carbons (Fsp3) is 0.316. The van der Waals surface area contributed by atoms with Gasteiger partial charge in [0.1, 0.15) is 11.5 Å². The van der Waals surface area contributed by atoms with Crippen LogP contribution in [0.5, 0.6) is 11.5 Å². The summed E-state index contributed by atoms with van der Waals surface area (Å²) >= 11 is 0. The molecule has 0 aromatic heterocycles. The Morgan fingerprint density at radius 3 is 2.62 bits per heavy atom. The minimum Gasteiger partial charge on any atom is -0.491 e. The monoisotopic (exact) mass is 358 g/mol. The van der Waals surface area contributed by atoms with Crippen molar-refractivity contribution in [1.82, 2.24) is 0 Å². The van der Waals surface area contributed by atoms with E-state index in [9.17, 15) is 14.9 Å². The Morgan fingerprint density at radius 1 is 1.15 bits per heavy atom. The summed E-state index contributed by atoms with van der Waals surface area (Å²) in [6.07, 6.45) is 1.96. The van der Waals surface area contributed by atoms with Crippen molar-refractivity contribution in [2.75, 3.05) is 18.5 Å². The van der Waals surface area contributed by atoms with E-state index in [0.29, 0.717) is 29.4 Å². The average molecular weight is 358 g/mol. The summed E-state index contributed by atoms with van der Waals surface area (Å²) in [5.74, 6) is 0.702. The number of nitro groups is 1.